The summed E-state index contributed by atoms with van der Waals surface area (Å²) in [6.45, 7) is 5.23. The number of nitrogens with one attached hydrogen (secondary N) is 1. The van der Waals surface area contributed by atoms with Gasteiger partial charge in [-0.3, -0.25) is 0 Å². The Morgan fingerprint density at radius 2 is 2.12 bits per heavy atom. The molecule has 1 N–H and O–H groups in total. The van der Waals surface area contributed by atoms with Crippen molar-refractivity contribution in [3.8, 4) is 0 Å². The predicted molar refractivity (Wildman–Crippen MR) is 89.4 cm³/mol. The van der Waals surface area contributed by atoms with Crippen LogP contribution >= 0.6 is 0 Å². The first kappa shape index (κ1) is 16.4. The second kappa shape index (κ2) is 7.92. The lowest BCUT2D eigenvalue weighted by molar-refractivity contribution is -0.0154. The van der Waals surface area contributed by atoms with Crippen LogP contribution in [0.4, 0.5) is 4.79 Å². The normalized spacial score (nSPS) is 17.7. The summed E-state index contributed by atoms with van der Waals surface area (Å²) in [7, 11) is 0. The van der Waals surface area contributed by atoms with E-state index in [0.29, 0.717) is 32.8 Å². The summed E-state index contributed by atoms with van der Waals surface area (Å²) in [6, 6.07) is 8.13. The fraction of sp³-hybridized carbons (Fsp3) is 0.471. The van der Waals surface area contributed by atoms with Crippen LogP contribution in [0.5, 0.6) is 0 Å². The highest BCUT2D eigenvalue weighted by atomic mass is 16.5. The minimum Gasteiger partial charge on any atom is -0.375 e. The standard InChI is InChI=1S/C17H23N5O2/c1-2-16-11-21(7-8-24-16)17(23)19-9-14-3-5-15(6-4-14)10-22-13-18-12-20-22/h3-6,12-13,16H,2,7-11H2,1H3,(H,19,23). The molecule has 0 saturated carbocycles. The number of amides is 2. The van der Waals surface area contributed by atoms with E-state index in [0.717, 1.165) is 17.5 Å². The average Bonchev–Trinajstić information content (AvgIpc) is 3.14. The van der Waals surface area contributed by atoms with Crippen LogP contribution in [-0.4, -0.2) is 51.5 Å². The van der Waals surface area contributed by atoms with E-state index in [2.05, 4.69) is 22.3 Å². The Balaban J connectivity index is 1.48. The molecule has 2 aromatic rings. The van der Waals surface area contributed by atoms with Crippen LogP contribution in [0.1, 0.15) is 24.5 Å². The Morgan fingerprint density at radius 3 is 2.83 bits per heavy atom. The van der Waals surface area contributed by atoms with Crippen molar-refractivity contribution in [2.45, 2.75) is 32.5 Å². The summed E-state index contributed by atoms with van der Waals surface area (Å²) >= 11 is 0. The molecule has 1 fully saturated rings. The van der Waals surface area contributed by atoms with Gasteiger partial charge in [0.15, 0.2) is 0 Å². The van der Waals surface area contributed by atoms with Crippen molar-refractivity contribution in [3.05, 3.63) is 48.0 Å². The van der Waals surface area contributed by atoms with Crippen molar-refractivity contribution in [3.63, 3.8) is 0 Å². The third-order valence-corrected chi connectivity index (χ3v) is 4.16. The molecule has 1 aromatic heterocycles. The smallest absolute Gasteiger partial charge is 0.317 e. The van der Waals surface area contributed by atoms with Crippen LogP contribution in [0.25, 0.3) is 0 Å². The maximum absolute atomic E-state index is 12.3. The van der Waals surface area contributed by atoms with Gasteiger partial charge >= 0.3 is 6.03 Å². The van der Waals surface area contributed by atoms with Gasteiger partial charge in [-0.05, 0) is 17.5 Å². The van der Waals surface area contributed by atoms with Crippen LogP contribution in [0.15, 0.2) is 36.9 Å². The molecule has 2 heterocycles. The second-order valence-corrected chi connectivity index (χ2v) is 5.92. The third-order valence-electron chi connectivity index (χ3n) is 4.16. The fourth-order valence-corrected chi connectivity index (χ4v) is 2.70. The number of morpholine rings is 1. The van der Waals surface area contributed by atoms with E-state index in [1.54, 1.807) is 11.0 Å². The molecular weight excluding hydrogens is 306 g/mol. The van der Waals surface area contributed by atoms with E-state index in [1.807, 2.05) is 29.2 Å². The van der Waals surface area contributed by atoms with Gasteiger partial charge in [-0.25, -0.2) is 14.5 Å². The number of rotatable bonds is 5. The van der Waals surface area contributed by atoms with Crippen LogP contribution in [-0.2, 0) is 17.8 Å². The minimum atomic E-state index is -0.0246. The Labute approximate surface area is 141 Å². The van der Waals surface area contributed by atoms with Gasteiger partial charge < -0.3 is 15.0 Å². The molecule has 1 unspecified atom stereocenters. The molecule has 128 valence electrons. The maximum atomic E-state index is 12.3. The van der Waals surface area contributed by atoms with E-state index in [9.17, 15) is 4.79 Å². The molecule has 24 heavy (non-hydrogen) atoms. The maximum Gasteiger partial charge on any atom is 0.317 e. The van der Waals surface area contributed by atoms with Crippen molar-refractivity contribution in [1.82, 2.24) is 25.0 Å². The second-order valence-electron chi connectivity index (χ2n) is 5.92. The SMILES string of the molecule is CCC1CN(C(=O)NCc2ccc(Cn3cncn3)cc2)CCO1. The summed E-state index contributed by atoms with van der Waals surface area (Å²) in [4.78, 5) is 18.0. The molecule has 0 aliphatic carbocycles. The lowest BCUT2D eigenvalue weighted by Gasteiger charge is -2.32. The zero-order chi connectivity index (χ0) is 16.8. The van der Waals surface area contributed by atoms with Gasteiger partial charge in [-0.1, -0.05) is 31.2 Å². The Morgan fingerprint density at radius 1 is 1.33 bits per heavy atom. The molecule has 1 aliphatic rings. The molecule has 3 rings (SSSR count). The zero-order valence-corrected chi connectivity index (χ0v) is 13.9. The van der Waals surface area contributed by atoms with Crippen molar-refractivity contribution in [1.29, 1.82) is 0 Å². The monoisotopic (exact) mass is 329 g/mol. The molecule has 0 radical (unpaired) electrons. The van der Waals surface area contributed by atoms with Crippen molar-refractivity contribution in [2.75, 3.05) is 19.7 Å². The molecular formula is C17H23N5O2. The van der Waals surface area contributed by atoms with Gasteiger partial charge in [-0.2, -0.15) is 5.10 Å². The van der Waals surface area contributed by atoms with Gasteiger partial charge in [0, 0.05) is 19.6 Å². The number of ether oxygens (including phenoxy) is 1. The first-order valence-electron chi connectivity index (χ1n) is 8.29. The van der Waals surface area contributed by atoms with Crippen LogP contribution in [0, 0.1) is 0 Å². The van der Waals surface area contributed by atoms with E-state index in [1.165, 1.54) is 6.33 Å². The van der Waals surface area contributed by atoms with E-state index in [-0.39, 0.29) is 12.1 Å². The Kier molecular flexibility index (Phi) is 5.43. The summed E-state index contributed by atoms with van der Waals surface area (Å²) in [5, 5.41) is 7.07. The third kappa shape index (κ3) is 4.32. The van der Waals surface area contributed by atoms with Crippen molar-refractivity contribution < 1.29 is 9.53 Å². The van der Waals surface area contributed by atoms with Gasteiger partial charge in [-0.15, -0.1) is 0 Å². The number of urea groups is 1. The van der Waals surface area contributed by atoms with Gasteiger partial charge in [0.2, 0.25) is 0 Å². The van der Waals surface area contributed by atoms with Gasteiger partial charge in [0.05, 0.1) is 19.3 Å². The van der Waals surface area contributed by atoms with Crippen LogP contribution < -0.4 is 5.32 Å². The highest BCUT2D eigenvalue weighted by Gasteiger charge is 2.22. The van der Waals surface area contributed by atoms with Gasteiger partial charge in [0.25, 0.3) is 0 Å². The van der Waals surface area contributed by atoms with E-state index < -0.39 is 0 Å². The number of hydrogen-bond acceptors (Lipinski definition) is 4. The molecule has 1 atom stereocenters. The molecule has 1 saturated heterocycles. The Hall–Kier alpha value is -2.41. The number of carbonyl (C=O) groups excluding carboxylic acids is 1. The molecule has 0 bridgehead atoms. The highest BCUT2D eigenvalue weighted by molar-refractivity contribution is 5.74. The number of aromatic nitrogens is 3. The largest absolute Gasteiger partial charge is 0.375 e. The summed E-state index contributed by atoms with van der Waals surface area (Å²) < 4.78 is 7.37. The topological polar surface area (TPSA) is 72.3 Å². The molecule has 7 heteroatoms. The number of hydrogen-bond donors (Lipinski definition) is 1. The molecule has 2 amide bonds. The first-order chi connectivity index (χ1) is 11.7. The lowest BCUT2D eigenvalue weighted by atomic mass is 10.1. The van der Waals surface area contributed by atoms with Gasteiger partial charge in [0.1, 0.15) is 12.7 Å². The number of nitrogens with zero attached hydrogens (tertiary/aromatic N) is 4. The summed E-state index contributed by atoms with van der Waals surface area (Å²) in [5.74, 6) is 0. The summed E-state index contributed by atoms with van der Waals surface area (Å²) in [6.07, 6.45) is 4.30. The highest BCUT2D eigenvalue weighted by Crippen LogP contribution is 2.09. The molecule has 7 nitrogen and oxygen atoms in total. The van der Waals surface area contributed by atoms with Crippen LogP contribution in [0.3, 0.4) is 0 Å². The number of benzene rings is 1. The summed E-state index contributed by atoms with van der Waals surface area (Å²) in [5.41, 5.74) is 2.22. The quantitative estimate of drug-likeness (QED) is 0.905. The van der Waals surface area contributed by atoms with E-state index >= 15 is 0 Å². The Bertz CT molecular complexity index is 642. The molecule has 0 spiro atoms. The number of carbonyl (C=O) groups is 1. The van der Waals surface area contributed by atoms with Crippen molar-refractivity contribution >= 4 is 6.03 Å². The lowest BCUT2D eigenvalue weighted by Crippen LogP contribution is -2.49. The predicted octanol–water partition coefficient (Wildman–Crippen LogP) is 1.65. The fourth-order valence-electron chi connectivity index (χ4n) is 2.70. The average molecular weight is 329 g/mol. The molecule has 1 aromatic carbocycles. The van der Waals surface area contributed by atoms with Crippen LogP contribution in [0.2, 0.25) is 0 Å². The zero-order valence-electron chi connectivity index (χ0n) is 13.9. The van der Waals surface area contributed by atoms with Crippen molar-refractivity contribution in [2.24, 2.45) is 0 Å². The molecule has 1 aliphatic heterocycles. The first-order valence-corrected chi connectivity index (χ1v) is 8.29. The minimum absolute atomic E-state index is 0.0246. The van der Waals surface area contributed by atoms with E-state index in [4.69, 9.17) is 4.74 Å².